The van der Waals surface area contributed by atoms with Gasteiger partial charge in [0, 0.05) is 12.7 Å². The molecule has 8 heteroatoms. The summed E-state index contributed by atoms with van der Waals surface area (Å²) in [5.74, 6) is -0.220. The summed E-state index contributed by atoms with van der Waals surface area (Å²) in [6.07, 6.45) is 4.56. The normalized spacial score (nSPS) is 20.0. The predicted octanol–water partition coefficient (Wildman–Crippen LogP) is 0.842. The first-order valence-electron chi connectivity index (χ1n) is 6.97. The Bertz CT molecular complexity index is 641. The molecule has 2 rings (SSSR count). The van der Waals surface area contributed by atoms with E-state index < -0.39 is 16.0 Å². The third-order valence-electron chi connectivity index (χ3n) is 2.91. The molecule has 0 spiro atoms. The zero-order valence-corrected chi connectivity index (χ0v) is 13.7. The molecule has 0 aliphatic carbocycles. The van der Waals surface area contributed by atoms with Crippen LogP contribution in [0.25, 0.3) is 0 Å². The minimum atomic E-state index is -3.39. The van der Waals surface area contributed by atoms with Crippen LogP contribution in [-0.2, 0) is 24.3 Å². The van der Waals surface area contributed by atoms with Gasteiger partial charge in [-0.15, -0.1) is 4.40 Å². The van der Waals surface area contributed by atoms with E-state index in [4.69, 9.17) is 9.47 Å². The van der Waals surface area contributed by atoms with Crippen molar-refractivity contribution < 1.29 is 22.7 Å². The van der Waals surface area contributed by atoms with Crippen LogP contribution < -0.4 is 0 Å². The van der Waals surface area contributed by atoms with Gasteiger partial charge in [-0.25, -0.2) is 13.2 Å². The number of fused-ring (bicyclic) bond motifs is 1. The lowest BCUT2D eigenvalue weighted by molar-refractivity contribution is -0.141. The highest BCUT2D eigenvalue weighted by Crippen LogP contribution is 2.16. The van der Waals surface area contributed by atoms with Gasteiger partial charge in [0.05, 0.1) is 23.5 Å². The van der Waals surface area contributed by atoms with Gasteiger partial charge in [-0.3, -0.25) is 0 Å². The Morgan fingerprint density at radius 1 is 1.32 bits per heavy atom. The number of carbonyl (C=O) groups excluding carboxylic acids is 1. The van der Waals surface area contributed by atoms with Crippen molar-refractivity contribution in [1.29, 1.82) is 0 Å². The summed E-state index contributed by atoms with van der Waals surface area (Å²) in [5, 5.41) is 0. The zero-order chi connectivity index (χ0) is 16.4. The molecule has 7 nitrogen and oxygen atoms in total. The second-order valence-electron chi connectivity index (χ2n) is 5.94. The van der Waals surface area contributed by atoms with Crippen LogP contribution in [0.4, 0.5) is 0 Å². The lowest BCUT2D eigenvalue weighted by Crippen LogP contribution is -2.37. The molecule has 0 saturated heterocycles. The summed E-state index contributed by atoms with van der Waals surface area (Å²) in [5.41, 5.74) is 0.0789. The lowest BCUT2D eigenvalue weighted by Gasteiger charge is -2.26. The van der Waals surface area contributed by atoms with Crippen molar-refractivity contribution in [1.82, 2.24) is 4.90 Å². The molecule has 0 bridgehead atoms. The van der Waals surface area contributed by atoms with Gasteiger partial charge < -0.3 is 14.4 Å². The van der Waals surface area contributed by atoms with Crippen LogP contribution in [0.1, 0.15) is 20.8 Å². The average molecular weight is 328 g/mol. The van der Waals surface area contributed by atoms with Crippen molar-refractivity contribution in [2.45, 2.75) is 26.4 Å². The van der Waals surface area contributed by atoms with E-state index in [1.54, 1.807) is 11.1 Å². The Labute approximate surface area is 130 Å². The van der Waals surface area contributed by atoms with Gasteiger partial charge in [0.25, 0.3) is 10.0 Å². The van der Waals surface area contributed by atoms with Crippen molar-refractivity contribution >= 4 is 21.8 Å². The largest absolute Gasteiger partial charge is 0.460 e. The van der Waals surface area contributed by atoms with E-state index in [-0.39, 0.29) is 24.5 Å². The Kier molecular flexibility index (Phi) is 4.72. The molecular weight excluding hydrogens is 308 g/mol. The highest BCUT2D eigenvalue weighted by atomic mass is 32.2. The van der Waals surface area contributed by atoms with E-state index in [1.807, 2.05) is 20.8 Å². The summed E-state index contributed by atoms with van der Waals surface area (Å²) in [4.78, 5) is 13.6. The average Bonchev–Trinajstić information content (AvgIpc) is 2.41. The summed E-state index contributed by atoms with van der Waals surface area (Å²) in [6.45, 7) is 6.53. The number of ether oxygens (including phenoxy) is 2. The van der Waals surface area contributed by atoms with E-state index in [9.17, 15) is 13.2 Å². The fourth-order valence-electron chi connectivity index (χ4n) is 1.89. The number of carbonyl (C=O) groups is 1. The molecule has 0 radical (unpaired) electrons. The first-order chi connectivity index (χ1) is 10.2. The van der Waals surface area contributed by atoms with Crippen molar-refractivity contribution in [3.8, 4) is 0 Å². The van der Waals surface area contributed by atoms with Crippen molar-refractivity contribution in [2.75, 3.05) is 25.5 Å². The highest BCUT2D eigenvalue weighted by Gasteiger charge is 2.25. The summed E-state index contributed by atoms with van der Waals surface area (Å²) in [7, 11) is -3.39. The Balaban J connectivity index is 1.91. The second-order valence-corrected chi connectivity index (χ2v) is 7.70. The van der Waals surface area contributed by atoms with E-state index in [2.05, 4.69) is 4.40 Å². The quantitative estimate of drug-likeness (QED) is 0.562. The predicted molar refractivity (Wildman–Crippen MR) is 81.8 cm³/mol. The number of nitrogens with zero attached hydrogens (tertiary/aromatic N) is 2. The van der Waals surface area contributed by atoms with Crippen LogP contribution in [0, 0.1) is 0 Å². The molecule has 2 heterocycles. The van der Waals surface area contributed by atoms with Crippen molar-refractivity contribution in [3.05, 3.63) is 23.9 Å². The number of hydrogen-bond acceptors (Lipinski definition) is 6. The van der Waals surface area contributed by atoms with Gasteiger partial charge in [0.2, 0.25) is 0 Å². The Morgan fingerprint density at radius 3 is 2.73 bits per heavy atom. The third kappa shape index (κ3) is 4.67. The van der Waals surface area contributed by atoms with Gasteiger partial charge >= 0.3 is 5.97 Å². The Morgan fingerprint density at radius 2 is 2.05 bits per heavy atom. The minimum Gasteiger partial charge on any atom is -0.460 e. The van der Waals surface area contributed by atoms with E-state index in [1.165, 1.54) is 12.2 Å². The Hall–Kier alpha value is -1.67. The maximum atomic E-state index is 11.9. The van der Waals surface area contributed by atoms with Crippen molar-refractivity contribution in [2.24, 2.45) is 4.40 Å². The van der Waals surface area contributed by atoms with Crippen LogP contribution in [-0.4, -0.2) is 56.2 Å². The molecule has 0 N–H and O–H groups in total. The highest BCUT2D eigenvalue weighted by molar-refractivity contribution is 7.90. The molecule has 0 aromatic rings. The molecule has 0 amide bonds. The molecule has 0 atom stereocenters. The van der Waals surface area contributed by atoms with Gasteiger partial charge in [-0.05, 0) is 32.9 Å². The zero-order valence-electron chi connectivity index (χ0n) is 12.9. The molecule has 2 aliphatic heterocycles. The summed E-state index contributed by atoms with van der Waals surface area (Å²) in [6, 6.07) is 0. The van der Waals surface area contributed by atoms with Gasteiger partial charge in [-0.2, -0.15) is 0 Å². The smallest absolute Gasteiger partial charge is 0.339 e. The van der Waals surface area contributed by atoms with Gasteiger partial charge in [0.1, 0.15) is 12.4 Å². The van der Waals surface area contributed by atoms with Crippen LogP contribution >= 0.6 is 0 Å². The van der Waals surface area contributed by atoms with E-state index in [0.717, 1.165) is 0 Å². The standard InChI is InChI=1S/C14H20N2O5S/c1-14(2,3)21-8-7-20-13(17)11-4-5-12-15-22(18,19)9-6-16(12)10-11/h4-5,10H,6-9H2,1-3H3. The first kappa shape index (κ1) is 16.7. The molecule has 0 unspecified atom stereocenters. The molecule has 0 fully saturated rings. The fourth-order valence-corrected chi connectivity index (χ4v) is 2.86. The lowest BCUT2D eigenvalue weighted by atomic mass is 10.2. The number of hydrogen-bond donors (Lipinski definition) is 0. The number of esters is 1. The summed E-state index contributed by atoms with van der Waals surface area (Å²) < 4.78 is 37.0. The van der Waals surface area contributed by atoms with Crippen LogP contribution in [0.15, 0.2) is 28.3 Å². The molecule has 0 aromatic carbocycles. The van der Waals surface area contributed by atoms with Crippen molar-refractivity contribution in [3.63, 3.8) is 0 Å². The number of amidine groups is 1. The molecular formula is C14H20N2O5S. The fraction of sp³-hybridized carbons (Fsp3) is 0.571. The first-order valence-corrected chi connectivity index (χ1v) is 8.57. The second kappa shape index (κ2) is 6.21. The molecule has 122 valence electrons. The van der Waals surface area contributed by atoms with Crippen LogP contribution in [0.5, 0.6) is 0 Å². The SMILES string of the molecule is CC(C)(C)OCCOC(=O)C1=CN2CCS(=O)(=O)N=C2C=C1. The molecule has 0 aromatic heterocycles. The monoisotopic (exact) mass is 328 g/mol. The molecule has 2 aliphatic rings. The maximum Gasteiger partial charge on any atom is 0.339 e. The molecule has 22 heavy (non-hydrogen) atoms. The maximum absolute atomic E-state index is 11.9. The minimum absolute atomic E-state index is 0.0669. The van der Waals surface area contributed by atoms with E-state index in [0.29, 0.717) is 18.0 Å². The summed E-state index contributed by atoms with van der Waals surface area (Å²) >= 11 is 0. The van der Waals surface area contributed by atoms with E-state index >= 15 is 0 Å². The van der Waals surface area contributed by atoms with Crippen LogP contribution in [0.3, 0.4) is 0 Å². The molecule has 0 saturated carbocycles. The number of sulfonamides is 1. The number of rotatable bonds is 4. The topological polar surface area (TPSA) is 85.3 Å². The van der Waals surface area contributed by atoms with Gasteiger partial charge in [-0.1, -0.05) is 0 Å². The van der Waals surface area contributed by atoms with Gasteiger partial charge in [0.15, 0.2) is 0 Å². The van der Waals surface area contributed by atoms with Crippen LogP contribution in [0.2, 0.25) is 0 Å². The third-order valence-corrected chi connectivity index (χ3v) is 4.07.